The number of hydrogen-bond acceptors (Lipinski definition) is 3. The fraction of sp³-hybridized carbons (Fsp3) is 0.833. The van der Waals surface area contributed by atoms with E-state index in [2.05, 4.69) is 5.32 Å². The van der Waals surface area contributed by atoms with Crippen molar-refractivity contribution in [1.82, 2.24) is 5.32 Å². The minimum Gasteiger partial charge on any atom is -0.481 e. The summed E-state index contributed by atoms with van der Waals surface area (Å²) in [5.41, 5.74) is 4.97. The molecule has 0 radical (unpaired) electrons. The van der Waals surface area contributed by atoms with Gasteiger partial charge in [0.2, 0.25) is 5.91 Å². The molecule has 0 spiro atoms. The molecule has 0 aromatic heterocycles. The van der Waals surface area contributed by atoms with Crippen molar-refractivity contribution >= 4 is 11.9 Å². The fourth-order valence-corrected chi connectivity index (χ4v) is 1.97. The summed E-state index contributed by atoms with van der Waals surface area (Å²) in [7, 11) is 0. The Balaban J connectivity index is 2.63. The summed E-state index contributed by atoms with van der Waals surface area (Å²) >= 11 is 0. The molecule has 1 rings (SSSR count). The minimum atomic E-state index is -0.880. The van der Waals surface area contributed by atoms with Gasteiger partial charge < -0.3 is 16.2 Å². The lowest BCUT2D eigenvalue weighted by atomic mass is 9.73. The van der Waals surface area contributed by atoms with Gasteiger partial charge in [-0.2, -0.15) is 0 Å². The van der Waals surface area contributed by atoms with Crippen LogP contribution in [0.1, 0.15) is 46.5 Å². The summed E-state index contributed by atoms with van der Waals surface area (Å²) in [5.74, 6) is -1.13. The van der Waals surface area contributed by atoms with E-state index in [0.717, 1.165) is 19.3 Å². The molecule has 1 aliphatic rings. The number of aliphatic carboxylic acids is 1. The average molecular weight is 242 g/mol. The molecule has 0 heterocycles. The third kappa shape index (κ3) is 3.43. The quantitative estimate of drug-likeness (QED) is 0.682. The van der Waals surface area contributed by atoms with Gasteiger partial charge in [-0.05, 0) is 24.7 Å². The number of nitrogens with one attached hydrogen (secondary N) is 1. The number of carbonyl (C=O) groups excluding carboxylic acids is 1. The third-order valence-corrected chi connectivity index (χ3v) is 3.40. The predicted molar refractivity (Wildman–Crippen MR) is 64.4 cm³/mol. The highest BCUT2D eigenvalue weighted by Gasteiger charge is 2.42. The van der Waals surface area contributed by atoms with Crippen molar-refractivity contribution in [2.75, 3.05) is 0 Å². The van der Waals surface area contributed by atoms with Crippen molar-refractivity contribution in [1.29, 1.82) is 0 Å². The van der Waals surface area contributed by atoms with E-state index in [9.17, 15) is 9.59 Å². The van der Waals surface area contributed by atoms with Gasteiger partial charge in [-0.15, -0.1) is 0 Å². The largest absolute Gasteiger partial charge is 0.481 e. The monoisotopic (exact) mass is 242 g/mol. The molecule has 4 N–H and O–H groups in total. The number of nitrogens with two attached hydrogens (primary N) is 1. The van der Waals surface area contributed by atoms with Gasteiger partial charge in [-0.3, -0.25) is 9.59 Å². The van der Waals surface area contributed by atoms with Crippen LogP contribution in [0.5, 0.6) is 0 Å². The van der Waals surface area contributed by atoms with Gasteiger partial charge in [0.05, 0.1) is 18.0 Å². The van der Waals surface area contributed by atoms with Crippen LogP contribution in [0.2, 0.25) is 0 Å². The summed E-state index contributed by atoms with van der Waals surface area (Å²) in [6.07, 6.45) is 2.39. The van der Waals surface area contributed by atoms with Crippen molar-refractivity contribution in [2.45, 2.75) is 58.0 Å². The maximum absolute atomic E-state index is 12.0. The van der Waals surface area contributed by atoms with Crippen LogP contribution in [0.15, 0.2) is 0 Å². The molecule has 0 bridgehead atoms. The predicted octanol–water partition coefficient (Wildman–Crippen LogP) is 0.873. The highest BCUT2D eigenvalue weighted by atomic mass is 16.4. The first-order valence-corrected chi connectivity index (χ1v) is 5.96. The van der Waals surface area contributed by atoms with E-state index in [4.69, 9.17) is 10.8 Å². The SMILES string of the molecule is CC(C)(C)C(N)C(=O)NC1(CC(=O)O)CCC1. The lowest BCUT2D eigenvalue weighted by Gasteiger charge is -2.43. The van der Waals surface area contributed by atoms with Crippen LogP contribution < -0.4 is 11.1 Å². The van der Waals surface area contributed by atoms with E-state index in [1.807, 2.05) is 20.8 Å². The van der Waals surface area contributed by atoms with Gasteiger partial charge in [-0.1, -0.05) is 20.8 Å². The Bertz CT molecular complexity index is 316. The summed E-state index contributed by atoms with van der Waals surface area (Å²) in [6, 6.07) is -0.617. The molecule has 1 fully saturated rings. The first-order valence-electron chi connectivity index (χ1n) is 5.96. The molecule has 0 saturated heterocycles. The second kappa shape index (κ2) is 4.64. The Morgan fingerprint density at radius 1 is 1.41 bits per heavy atom. The zero-order valence-corrected chi connectivity index (χ0v) is 10.7. The van der Waals surface area contributed by atoms with Crippen molar-refractivity contribution < 1.29 is 14.7 Å². The van der Waals surface area contributed by atoms with Crippen molar-refractivity contribution in [2.24, 2.45) is 11.1 Å². The molecule has 1 amide bonds. The van der Waals surface area contributed by atoms with Crippen molar-refractivity contribution in [3.63, 3.8) is 0 Å². The molecule has 5 heteroatoms. The van der Waals surface area contributed by atoms with E-state index < -0.39 is 17.6 Å². The molecule has 1 saturated carbocycles. The average Bonchev–Trinajstić information content (AvgIpc) is 2.10. The summed E-state index contributed by atoms with van der Waals surface area (Å²) in [6.45, 7) is 5.67. The van der Waals surface area contributed by atoms with Gasteiger partial charge >= 0.3 is 5.97 Å². The first-order chi connectivity index (χ1) is 7.66. The first kappa shape index (κ1) is 14.0. The van der Waals surface area contributed by atoms with E-state index in [-0.39, 0.29) is 17.7 Å². The zero-order valence-electron chi connectivity index (χ0n) is 10.7. The molecule has 1 atom stereocenters. The summed E-state index contributed by atoms with van der Waals surface area (Å²) in [5, 5.41) is 11.7. The maximum atomic E-state index is 12.0. The van der Waals surface area contributed by atoms with Crippen LogP contribution in [0, 0.1) is 5.41 Å². The topological polar surface area (TPSA) is 92.4 Å². The number of amides is 1. The second-order valence-corrected chi connectivity index (χ2v) is 6.04. The van der Waals surface area contributed by atoms with E-state index in [1.54, 1.807) is 0 Å². The standard InChI is InChI=1S/C12H22N2O3/c1-11(2,3)9(13)10(17)14-12(5-4-6-12)7-8(15)16/h9H,4-7,13H2,1-3H3,(H,14,17)(H,15,16). The van der Waals surface area contributed by atoms with Crippen LogP contribution in [-0.2, 0) is 9.59 Å². The Hall–Kier alpha value is -1.10. The van der Waals surface area contributed by atoms with Crippen molar-refractivity contribution in [3.8, 4) is 0 Å². The lowest BCUT2D eigenvalue weighted by molar-refractivity contribution is -0.140. The van der Waals surface area contributed by atoms with Crippen LogP contribution in [-0.4, -0.2) is 28.6 Å². The Morgan fingerprint density at radius 3 is 2.24 bits per heavy atom. The zero-order chi connectivity index (χ0) is 13.3. The van der Waals surface area contributed by atoms with Gasteiger partial charge in [-0.25, -0.2) is 0 Å². The van der Waals surface area contributed by atoms with Crippen LogP contribution >= 0.6 is 0 Å². The molecule has 98 valence electrons. The highest BCUT2D eigenvalue weighted by Crippen LogP contribution is 2.35. The van der Waals surface area contributed by atoms with Gasteiger partial charge in [0.1, 0.15) is 0 Å². The Kier molecular flexibility index (Phi) is 3.81. The van der Waals surface area contributed by atoms with E-state index in [1.165, 1.54) is 0 Å². The van der Waals surface area contributed by atoms with Crippen LogP contribution in [0.4, 0.5) is 0 Å². The molecule has 0 aromatic carbocycles. The van der Waals surface area contributed by atoms with Gasteiger partial charge in [0.25, 0.3) is 0 Å². The van der Waals surface area contributed by atoms with Crippen LogP contribution in [0.3, 0.4) is 0 Å². The number of carbonyl (C=O) groups is 2. The molecular formula is C12H22N2O3. The fourth-order valence-electron chi connectivity index (χ4n) is 1.97. The maximum Gasteiger partial charge on any atom is 0.305 e. The van der Waals surface area contributed by atoms with E-state index >= 15 is 0 Å². The molecule has 5 nitrogen and oxygen atoms in total. The normalized spacial score (nSPS) is 20.2. The third-order valence-electron chi connectivity index (χ3n) is 3.40. The van der Waals surface area contributed by atoms with E-state index in [0.29, 0.717) is 0 Å². The Labute approximate surface area is 102 Å². The second-order valence-electron chi connectivity index (χ2n) is 6.04. The number of carboxylic acids is 1. The molecule has 1 unspecified atom stereocenters. The number of hydrogen-bond donors (Lipinski definition) is 3. The molecule has 0 aromatic rings. The summed E-state index contributed by atoms with van der Waals surface area (Å²) in [4.78, 5) is 22.7. The molecular weight excluding hydrogens is 220 g/mol. The smallest absolute Gasteiger partial charge is 0.305 e. The number of rotatable bonds is 4. The summed E-state index contributed by atoms with van der Waals surface area (Å²) < 4.78 is 0. The Morgan fingerprint density at radius 2 is 1.94 bits per heavy atom. The highest BCUT2D eigenvalue weighted by molar-refractivity contribution is 5.84. The van der Waals surface area contributed by atoms with Gasteiger partial charge in [0, 0.05) is 0 Å². The minimum absolute atomic E-state index is 0.0183. The lowest BCUT2D eigenvalue weighted by Crippen LogP contribution is -2.60. The molecule has 1 aliphatic carbocycles. The number of carboxylic acid groups (broad SMARTS) is 1. The van der Waals surface area contributed by atoms with Crippen molar-refractivity contribution in [3.05, 3.63) is 0 Å². The van der Waals surface area contributed by atoms with Gasteiger partial charge in [0.15, 0.2) is 0 Å². The molecule has 17 heavy (non-hydrogen) atoms. The van der Waals surface area contributed by atoms with Crippen LogP contribution in [0.25, 0.3) is 0 Å². The molecule has 0 aliphatic heterocycles.